The van der Waals surface area contributed by atoms with Crippen molar-refractivity contribution in [2.24, 2.45) is 5.92 Å². The highest BCUT2D eigenvalue weighted by Gasteiger charge is 2.25. The first-order valence-corrected chi connectivity index (χ1v) is 11.3. The second-order valence-electron chi connectivity index (χ2n) is 9.00. The molecule has 4 aromatic rings. The van der Waals surface area contributed by atoms with Crippen LogP contribution in [0.4, 0.5) is 4.39 Å². The van der Waals surface area contributed by atoms with E-state index in [0.29, 0.717) is 12.5 Å². The molecule has 6 rings (SSSR count). The number of hydrogen-bond acceptors (Lipinski definition) is 4. The fourth-order valence-corrected chi connectivity index (χ4v) is 5.07. The Labute approximate surface area is 185 Å². The maximum absolute atomic E-state index is 13.6. The largest absolute Gasteiger partial charge is 0.486 e. The number of nitrogens with zero attached hydrogens (tertiary/aromatic N) is 1. The van der Waals surface area contributed by atoms with Gasteiger partial charge in [-0.2, -0.15) is 0 Å². The summed E-state index contributed by atoms with van der Waals surface area (Å²) in [6, 6.07) is 13.0. The molecule has 2 aliphatic rings. The number of pyridine rings is 1. The number of H-pyrrole nitrogens is 1. The second kappa shape index (κ2) is 7.78. The molecule has 1 aliphatic carbocycles. The molecule has 6 heteroatoms. The van der Waals surface area contributed by atoms with Gasteiger partial charge in [0.05, 0.1) is 5.52 Å². The summed E-state index contributed by atoms with van der Waals surface area (Å²) in [4.78, 5) is 8.01. The number of halogens is 1. The SMILES string of the molecule is Cc1ccc2c3c(ccc2n1)OC[C@H](CNCC1CCc2[nH]c4cc(F)ccc4c2C1)O3. The molecule has 2 N–H and O–H groups in total. The van der Waals surface area contributed by atoms with Crippen LogP contribution in [0, 0.1) is 18.7 Å². The van der Waals surface area contributed by atoms with Crippen molar-refractivity contribution in [3.63, 3.8) is 0 Å². The normalized spacial score (nSPS) is 19.9. The maximum Gasteiger partial charge on any atom is 0.171 e. The van der Waals surface area contributed by atoms with Gasteiger partial charge >= 0.3 is 0 Å². The maximum atomic E-state index is 13.6. The lowest BCUT2D eigenvalue weighted by Crippen LogP contribution is -2.40. The lowest BCUT2D eigenvalue weighted by atomic mass is 9.86. The van der Waals surface area contributed by atoms with Gasteiger partial charge in [0.1, 0.15) is 18.5 Å². The summed E-state index contributed by atoms with van der Waals surface area (Å²) in [6.07, 6.45) is 3.10. The number of aromatic nitrogens is 2. The summed E-state index contributed by atoms with van der Waals surface area (Å²) in [5.41, 5.74) is 5.43. The summed E-state index contributed by atoms with van der Waals surface area (Å²) < 4.78 is 25.9. The molecule has 32 heavy (non-hydrogen) atoms. The highest BCUT2D eigenvalue weighted by molar-refractivity contribution is 5.88. The Hall–Kier alpha value is -3.12. The Morgan fingerprint density at radius 2 is 2.03 bits per heavy atom. The summed E-state index contributed by atoms with van der Waals surface area (Å²) in [5.74, 6) is 1.94. The summed E-state index contributed by atoms with van der Waals surface area (Å²) in [6.45, 7) is 4.19. The van der Waals surface area contributed by atoms with Crippen LogP contribution < -0.4 is 14.8 Å². The Balaban J connectivity index is 1.10. The lowest BCUT2D eigenvalue weighted by molar-refractivity contribution is 0.0915. The first kappa shape index (κ1) is 19.6. The number of fused-ring (bicyclic) bond motifs is 6. The Morgan fingerprint density at radius 3 is 2.97 bits per heavy atom. The number of rotatable bonds is 4. The van der Waals surface area contributed by atoms with E-state index in [0.717, 1.165) is 71.4 Å². The monoisotopic (exact) mass is 431 g/mol. The van der Waals surface area contributed by atoms with E-state index >= 15 is 0 Å². The van der Waals surface area contributed by atoms with E-state index in [-0.39, 0.29) is 11.9 Å². The zero-order valence-electron chi connectivity index (χ0n) is 18.1. The van der Waals surface area contributed by atoms with Gasteiger partial charge < -0.3 is 19.8 Å². The molecule has 0 saturated carbocycles. The van der Waals surface area contributed by atoms with Crippen LogP contribution in [-0.2, 0) is 12.8 Å². The molecule has 164 valence electrons. The van der Waals surface area contributed by atoms with Crippen LogP contribution in [0.5, 0.6) is 11.5 Å². The fourth-order valence-electron chi connectivity index (χ4n) is 5.07. The van der Waals surface area contributed by atoms with E-state index in [4.69, 9.17) is 9.47 Å². The first-order chi connectivity index (χ1) is 15.6. The summed E-state index contributed by atoms with van der Waals surface area (Å²) in [5, 5.41) is 5.75. The number of aromatic amines is 1. The molecular formula is C26H26FN3O2. The molecule has 2 atom stereocenters. The Bertz CT molecular complexity index is 1320. The molecular weight excluding hydrogens is 405 g/mol. The molecule has 1 unspecified atom stereocenters. The number of nitrogens with one attached hydrogen (secondary N) is 2. The van der Waals surface area contributed by atoms with E-state index in [2.05, 4.69) is 21.4 Å². The molecule has 2 aromatic carbocycles. The number of ether oxygens (including phenoxy) is 2. The van der Waals surface area contributed by atoms with E-state index in [1.54, 1.807) is 12.1 Å². The van der Waals surface area contributed by atoms with Gasteiger partial charge in [-0.05, 0) is 86.7 Å². The Kier molecular flexibility index (Phi) is 4.76. The van der Waals surface area contributed by atoms with Gasteiger partial charge in [0.25, 0.3) is 0 Å². The van der Waals surface area contributed by atoms with Crippen molar-refractivity contribution >= 4 is 21.8 Å². The molecule has 0 amide bonds. The van der Waals surface area contributed by atoms with Crippen LogP contribution in [0.3, 0.4) is 0 Å². The van der Waals surface area contributed by atoms with Crippen LogP contribution in [0.15, 0.2) is 42.5 Å². The highest BCUT2D eigenvalue weighted by atomic mass is 19.1. The lowest BCUT2D eigenvalue weighted by Gasteiger charge is -2.29. The second-order valence-corrected chi connectivity index (χ2v) is 9.00. The van der Waals surface area contributed by atoms with Crippen LogP contribution >= 0.6 is 0 Å². The predicted octanol–water partition coefficient (Wildman–Crippen LogP) is 4.70. The van der Waals surface area contributed by atoms with Crippen molar-refractivity contribution in [2.75, 3.05) is 19.7 Å². The van der Waals surface area contributed by atoms with Crippen molar-refractivity contribution in [3.8, 4) is 11.5 Å². The van der Waals surface area contributed by atoms with Crippen LogP contribution in [0.2, 0.25) is 0 Å². The quantitative estimate of drug-likeness (QED) is 0.492. The molecule has 3 heterocycles. The van der Waals surface area contributed by atoms with Crippen molar-refractivity contribution < 1.29 is 13.9 Å². The minimum absolute atomic E-state index is 0.0374. The highest BCUT2D eigenvalue weighted by Crippen LogP contribution is 2.38. The minimum atomic E-state index is -0.190. The molecule has 5 nitrogen and oxygen atoms in total. The van der Waals surface area contributed by atoms with Gasteiger partial charge in [-0.1, -0.05) is 0 Å². The Morgan fingerprint density at radius 1 is 1.12 bits per heavy atom. The molecule has 0 radical (unpaired) electrons. The van der Waals surface area contributed by atoms with E-state index < -0.39 is 0 Å². The molecule has 1 aliphatic heterocycles. The van der Waals surface area contributed by atoms with E-state index in [1.807, 2.05) is 31.2 Å². The summed E-state index contributed by atoms with van der Waals surface area (Å²) >= 11 is 0. The molecule has 0 saturated heterocycles. The minimum Gasteiger partial charge on any atom is -0.486 e. The van der Waals surface area contributed by atoms with Crippen LogP contribution in [-0.4, -0.2) is 35.8 Å². The average molecular weight is 432 g/mol. The van der Waals surface area contributed by atoms with Gasteiger partial charge in [-0.25, -0.2) is 4.39 Å². The van der Waals surface area contributed by atoms with Gasteiger partial charge in [0, 0.05) is 34.2 Å². The number of hydrogen-bond donors (Lipinski definition) is 2. The van der Waals surface area contributed by atoms with Gasteiger partial charge in [0.2, 0.25) is 0 Å². The van der Waals surface area contributed by atoms with Crippen molar-refractivity contribution in [3.05, 3.63) is 65.2 Å². The van der Waals surface area contributed by atoms with Gasteiger partial charge in [-0.15, -0.1) is 0 Å². The zero-order valence-corrected chi connectivity index (χ0v) is 18.1. The number of benzene rings is 2. The topological polar surface area (TPSA) is 59.2 Å². The van der Waals surface area contributed by atoms with Gasteiger partial charge in [0.15, 0.2) is 11.5 Å². The van der Waals surface area contributed by atoms with Crippen molar-refractivity contribution in [1.82, 2.24) is 15.3 Å². The first-order valence-electron chi connectivity index (χ1n) is 11.3. The van der Waals surface area contributed by atoms with Crippen LogP contribution in [0.25, 0.3) is 21.8 Å². The molecule has 0 fully saturated rings. The zero-order chi connectivity index (χ0) is 21.7. The van der Waals surface area contributed by atoms with Crippen molar-refractivity contribution in [2.45, 2.75) is 32.3 Å². The fraction of sp³-hybridized carbons (Fsp3) is 0.346. The predicted molar refractivity (Wildman–Crippen MR) is 123 cm³/mol. The number of aryl methyl sites for hydroxylation is 2. The van der Waals surface area contributed by atoms with Crippen molar-refractivity contribution in [1.29, 1.82) is 0 Å². The standard InChI is InChI=1S/C26H26FN3O2/c1-15-2-5-20-22(29-15)8-9-25-26(20)32-18(14-31-25)13-28-12-16-3-7-23-21(10-16)19-6-4-17(27)11-24(19)30-23/h2,4-6,8-9,11,16,18,28,30H,3,7,10,12-14H2,1H3/t16?,18-/m0/s1. The molecule has 0 bridgehead atoms. The summed E-state index contributed by atoms with van der Waals surface area (Å²) in [7, 11) is 0. The third-order valence-electron chi connectivity index (χ3n) is 6.69. The van der Waals surface area contributed by atoms with Gasteiger partial charge in [-0.3, -0.25) is 4.98 Å². The van der Waals surface area contributed by atoms with Crippen LogP contribution in [0.1, 0.15) is 23.4 Å². The molecule has 0 spiro atoms. The van der Waals surface area contributed by atoms with E-state index in [9.17, 15) is 4.39 Å². The third kappa shape index (κ3) is 3.48. The smallest absolute Gasteiger partial charge is 0.171 e. The van der Waals surface area contributed by atoms with E-state index in [1.165, 1.54) is 11.3 Å². The average Bonchev–Trinajstić information content (AvgIpc) is 3.15. The molecule has 2 aromatic heterocycles. The third-order valence-corrected chi connectivity index (χ3v) is 6.69.